The zero-order chi connectivity index (χ0) is 17.0. The Labute approximate surface area is 130 Å². The molecule has 0 spiro atoms. The molecule has 0 radical (unpaired) electrons. The third kappa shape index (κ3) is 4.79. The second-order valence-corrected chi connectivity index (χ2v) is 6.38. The number of hydrogen-bond acceptors (Lipinski definition) is 6. The number of hydrogen-bond donors (Lipinski definition) is 2. The van der Waals surface area contributed by atoms with Gasteiger partial charge in [0.15, 0.2) is 11.5 Å². The molecule has 8 nitrogen and oxygen atoms in total. The van der Waals surface area contributed by atoms with E-state index in [1.54, 1.807) is 0 Å². The number of nitrogens with zero attached hydrogens (tertiary/aromatic N) is 3. The van der Waals surface area contributed by atoms with Gasteiger partial charge in [0.1, 0.15) is 5.69 Å². The zero-order valence-corrected chi connectivity index (χ0v) is 12.7. The Kier molecular flexibility index (Phi) is 5.01. The molecule has 124 valence electrons. The number of nitrogens with two attached hydrogens (primary N) is 1. The van der Waals surface area contributed by atoms with Crippen molar-refractivity contribution < 1.29 is 21.8 Å². The Morgan fingerprint density at radius 2 is 2.17 bits per heavy atom. The Bertz CT molecular complexity index is 820. The molecule has 2 rings (SSSR count). The summed E-state index contributed by atoms with van der Waals surface area (Å²) < 4.78 is 54.2. The fourth-order valence-corrected chi connectivity index (χ4v) is 2.04. The monoisotopic (exact) mass is 345 g/mol. The molecule has 0 saturated carbocycles. The number of amidine groups is 1. The summed E-state index contributed by atoms with van der Waals surface area (Å²) in [5, 5.41) is 7.08. The molecule has 1 aromatic heterocycles. The fourth-order valence-electron chi connectivity index (χ4n) is 1.64. The molecule has 0 saturated heterocycles. The van der Waals surface area contributed by atoms with E-state index in [1.807, 2.05) is 0 Å². The standard InChI is InChI=1S/C12H13F2N5O3S/c1-23(20,21)16-6-9-10(19-22-18-9)12(15)17-8-4-2-3-7(5-8)11(13)14/h2-5,11,16H,6H2,1H3,(H2,15,17). The van der Waals surface area contributed by atoms with Gasteiger partial charge in [-0.3, -0.25) is 0 Å². The predicted molar refractivity (Wildman–Crippen MR) is 77.8 cm³/mol. The minimum absolute atomic E-state index is 0.0311. The Morgan fingerprint density at radius 1 is 1.43 bits per heavy atom. The molecule has 1 heterocycles. The lowest BCUT2D eigenvalue weighted by Gasteiger charge is -2.03. The van der Waals surface area contributed by atoms with Crippen LogP contribution in [0.1, 0.15) is 23.4 Å². The van der Waals surface area contributed by atoms with Crippen molar-refractivity contribution in [3.05, 3.63) is 41.2 Å². The van der Waals surface area contributed by atoms with E-state index in [1.165, 1.54) is 24.3 Å². The summed E-state index contributed by atoms with van der Waals surface area (Å²) in [6.45, 7) is -0.190. The van der Waals surface area contributed by atoms with E-state index in [4.69, 9.17) is 5.73 Å². The molecule has 3 N–H and O–H groups in total. The number of aliphatic imine (C=N–C) groups is 1. The van der Waals surface area contributed by atoms with E-state index >= 15 is 0 Å². The maximum absolute atomic E-state index is 12.7. The lowest BCUT2D eigenvalue weighted by molar-refractivity contribution is 0.151. The van der Waals surface area contributed by atoms with Gasteiger partial charge in [-0.25, -0.2) is 31.5 Å². The van der Waals surface area contributed by atoms with Crippen LogP contribution in [0.4, 0.5) is 14.5 Å². The van der Waals surface area contributed by atoms with E-state index < -0.39 is 16.4 Å². The number of aromatic nitrogens is 2. The highest BCUT2D eigenvalue weighted by Gasteiger charge is 2.16. The van der Waals surface area contributed by atoms with Gasteiger partial charge >= 0.3 is 0 Å². The van der Waals surface area contributed by atoms with Gasteiger partial charge in [0.05, 0.1) is 18.5 Å². The maximum atomic E-state index is 12.7. The van der Waals surface area contributed by atoms with Crippen LogP contribution >= 0.6 is 0 Å². The first-order chi connectivity index (χ1) is 10.8. The summed E-state index contributed by atoms with van der Waals surface area (Å²) in [5.41, 5.74) is 5.92. The highest BCUT2D eigenvalue weighted by atomic mass is 32.2. The van der Waals surface area contributed by atoms with Crippen molar-refractivity contribution in [2.24, 2.45) is 10.7 Å². The summed E-state index contributed by atoms with van der Waals surface area (Å²) in [6, 6.07) is 5.35. The van der Waals surface area contributed by atoms with Crippen LogP contribution in [0.5, 0.6) is 0 Å². The van der Waals surface area contributed by atoms with Crippen molar-refractivity contribution in [1.29, 1.82) is 0 Å². The normalized spacial score (nSPS) is 12.8. The molecular formula is C12H13F2N5O3S. The molecule has 2 aromatic rings. The van der Waals surface area contributed by atoms with Crippen LogP contribution in [0.25, 0.3) is 0 Å². The largest absolute Gasteiger partial charge is 0.382 e. The van der Waals surface area contributed by atoms with Crippen LogP contribution < -0.4 is 10.5 Å². The van der Waals surface area contributed by atoms with E-state index in [9.17, 15) is 17.2 Å². The van der Waals surface area contributed by atoms with Gasteiger partial charge in [-0.1, -0.05) is 17.3 Å². The smallest absolute Gasteiger partial charge is 0.263 e. The summed E-state index contributed by atoms with van der Waals surface area (Å²) >= 11 is 0. The highest BCUT2D eigenvalue weighted by Crippen LogP contribution is 2.23. The van der Waals surface area contributed by atoms with Crippen molar-refractivity contribution in [3.63, 3.8) is 0 Å². The quantitative estimate of drug-likeness (QED) is 0.597. The van der Waals surface area contributed by atoms with Crippen molar-refractivity contribution in [3.8, 4) is 0 Å². The molecule has 0 fully saturated rings. The average Bonchev–Trinajstić information content (AvgIpc) is 2.93. The first kappa shape index (κ1) is 17.0. The molecule has 11 heteroatoms. The van der Waals surface area contributed by atoms with Crippen molar-refractivity contribution in [1.82, 2.24) is 15.0 Å². The number of sulfonamides is 1. The summed E-state index contributed by atoms with van der Waals surface area (Å²) in [6.07, 6.45) is -1.65. The van der Waals surface area contributed by atoms with Gasteiger partial charge in [-0.2, -0.15) is 0 Å². The minimum atomic E-state index is -3.44. The third-order valence-electron chi connectivity index (χ3n) is 2.67. The topological polar surface area (TPSA) is 123 Å². The van der Waals surface area contributed by atoms with Crippen LogP contribution in [-0.2, 0) is 16.6 Å². The lowest BCUT2D eigenvalue weighted by Crippen LogP contribution is -2.24. The lowest BCUT2D eigenvalue weighted by atomic mass is 10.2. The van der Waals surface area contributed by atoms with E-state index in [-0.39, 0.29) is 35.0 Å². The van der Waals surface area contributed by atoms with Crippen LogP contribution in [0.15, 0.2) is 33.9 Å². The molecule has 0 bridgehead atoms. The molecule has 0 aliphatic rings. The Balaban J connectivity index is 2.25. The van der Waals surface area contributed by atoms with Crippen LogP contribution in [-0.4, -0.2) is 30.8 Å². The number of alkyl halides is 2. The van der Waals surface area contributed by atoms with Gasteiger partial charge in [-0.05, 0) is 17.3 Å². The summed E-state index contributed by atoms with van der Waals surface area (Å²) in [5.74, 6) is -0.136. The summed E-state index contributed by atoms with van der Waals surface area (Å²) in [7, 11) is -3.44. The number of rotatable bonds is 6. The van der Waals surface area contributed by atoms with E-state index in [0.29, 0.717) is 0 Å². The minimum Gasteiger partial charge on any atom is -0.382 e. The molecule has 0 unspecified atom stereocenters. The van der Waals surface area contributed by atoms with Crippen molar-refractivity contribution in [2.45, 2.75) is 13.0 Å². The fraction of sp³-hybridized carbons (Fsp3) is 0.250. The summed E-state index contributed by atoms with van der Waals surface area (Å²) in [4.78, 5) is 3.97. The van der Waals surface area contributed by atoms with Crippen LogP contribution in [0.2, 0.25) is 0 Å². The van der Waals surface area contributed by atoms with E-state index in [2.05, 4.69) is 24.7 Å². The molecule has 0 aliphatic heterocycles. The van der Waals surface area contributed by atoms with Crippen molar-refractivity contribution in [2.75, 3.05) is 6.26 Å². The average molecular weight is 345 g/mol. The molecule has 1 aromatic carbocycles. The molecule has 0 aliphatic carbocycles. The van der Waals surface area contributed by atoms with Gasteiger partial charge in [-0.15, -0.1) is 0 Å². The SMILES string of the molecule is CS(=O)(=O)NCc1nonc1C(N)=Nc1cccc(C(F)F)c1. The number of benzene rings is 1. The highest BCUT2D eigenvalue weighted by molar-refractivity contribution is 7.88. The molecular weight excluding hydrogens is 332 g/mol. The number of halogens is 2. The first-order valence-corrected chi connectivity index (χ1v) is 8.14. The first-order valence-electron chi connectivity index (χ1n) is 6.25. The van der Waals surface area contributed by atoms with E-state index in [0.717, 1.165) is 6.26 Å². The Morgan fingerprint density at radius 3 is 2.83 bits per heavy atom. The second kappa shape index (κ2) is 6.79. The third-order valence-corrected chi connectivity index (χ3v) is 3.34. The molecule has 0 atom stereocenters. The van der Waals surface area contributed by atoms with Crippen LogP contribution in [0.3, 0.4) is 0 Å². The molecule has 0 amide bonds. The maximum Gasteiger partial charge on any atom is 0.263 e. The zero-order valence-electron chi connectivity index (χ0n) is 11.9. The molecule has 23 heavy (non-hydrogen) atoms. The van der Waals surface area contributed by atoms with Gasteiger partial charge in [0, 0.05) is 5.56 Å². The van der Waals surface area contributed by atoms with Gasteiger partial charge < -0.3 is 5.73 Å². The van der Waals surface area contributed by atoms with Crippen molar-refractivity contribution >= 4 is 21.5 Å². The number of nitrogens with one attached hydrogen (secondary N) is 1. The van der Waals surface area contributed by atoms with Gasteiger partial charge in [0.2, 0.25) is 10.0 Å². The van der Waals surface area contributed by atoms with Gasteiger partial charge in [0.25, 0.3) is 6.43 Å². The van der Waals surface area contributed by atoms with Crippen LogP contribution in [0, 0.1) is 0 Å². The second-order valence-electron chi connectivity index (χ2n) is 4.55. The Hall–Kier alpha value is -2.40. The predicted octanol–water partition coefficient (Wildman–Crippen LogP) is 1.09.